The summed E-state index contributed by atoms with van der Waals surface area (Å²) < 4.78 is 40.4. The molecule has 0 saturated heterocycles. The van der Waals surface area contributed by atoms with Crippen LogP contribution in [0.2, 0.25) is 0 Å². The van der Waals surface area contributed by atoms with Crippen LogP contribution in [0.1, 0.15) is 24.0 Å². The molecule has 0 spiro atoms. The molecule has 0 unspecified atom stereocenters. The quantitative estimate of drug-likeness (QED) is 0.823. The molecule has 1 fully saturated rings. The largest absolute Gasteiger partial charge is 0.392 e. The van der Waals surface area contributed by atoms with Gasteiger partial charge in [-0.25, -0.2) is 13.2 Å². The molecule has 1 saturated carbocycles. The molecule has 1 aliphatic carbocycles. The molecule has 0 aliphatic heterocycles. The molecule has 1 aromatic carbocycles. The van der Waals surface area contributed by atoms with Crippen molar-refractivity contribution < 1.29 is 18.3 Å². The van der Waals surface area contributed by atoms with E-state index in [2.05, 4.69) is 0 Å². The molecule has 82 valence electrons. The third-order valence-electron chi connectivity index (χ3n) is 2.66. The smallest absolute Gasteiger partial charge is 0.278 e. The number of benzene rings is 1. The Hall–Kier alpha value is -1.03. The minimum absolute atomic E-state index is 0.312. The summed E-state index contributed by atoms with van der Waals surface area (Å²) >= 11 is 0. The van der Waals surface area contributed by atoms with Gasteiger partial charge in [0.2, 0.25) is 0 Å². The van der Waals surface area contributed by atoms with Gasteiger partial charge in [0.15, 0.2) is 0 Å². The highest BCUT2D eigenvalue weighted by Gasteiger charge is 2.49. The zero-order chi connectivity index (χ0) is 11.1. The van der Waals surface area contributed by atoms with Crippen LogP contribution in [0, 0.1) is 11.7 Å². The number of hydrogen-bond acceptors (Lipinski definition) is 1. The SMILES string of the molecule is OCc1ccc(F)c(C(F)(F)C2CC2)c1. The van der Waals surface area contributed by atoms with Crippen molar-refractivity contribution in [2.75, 3.05) is 0 Å². The fraction of sp³-hybridized carbons (Fsp3) is 0.455. The maximum atomic E-state index is 13.6. The molecule has 15 heavy (non-hydrogen) atoms. The van der Waals surface area contributed by atoms with Crippen LogP contribution in [0.4, 0.5) is 13.2 Å². The van der Waals surface area contributed by atoms with Crippen LogP contribution in [0.5, 0.6) is 0 Å². The monoisotopic (exact) mass is 216 g/mol. The Morgan fingerprint density at radius 2 is 2.00 bits per heavy atom. The molecule has 1 aromatic rings. The first kappa shape index (κ1) is 10.5. The van der Waals surface area contributed by atoms with Crippen molar-refractivity contribution in [3.05, 3.63) is 35.1 Å². The first-order valence-electron chi connectivity index (χ1n) is 4.83. The first-order chi connectivity index (χ1) is 7.05. The zero-order valence-corrected chi connectivity index (χ0v) is 8.01. The van der Waals surface area contributed by atoms with Gasteiger partial charge in [0.05, 0.1) is 12.2 Å². The van der Waals surface area contributed by atoms with Gasteiger partial charge in [-0.3, -0.25) is 0 Å². The Labute approximate surface area is 85.5 Å². The van der Waals surface area contributed by atoms with Crippen LogP contribution >= 0.6 is 0 Å². The lowest BCUT2D eigenvalue weighted by Crippen LogP contribution is -2.18. The number of alkyl halides is 2. The van der Waals surface area contributed by atoms with Gasteiger partial charge >= 0.3 is 0 Å². The van der Waals surface area contributed by atoms with Gasteiger partial charge < -0.3 is 5.11 Å². The molecule has 0 radical (unpaired) electrons. The molecule has 0 atom stereocenters. The number of aliphatic hydroxyl groups is 1. The predicted molar refractivity (Wildman–Crippen MR) is 48.9 cm³/mol. The van der Waals surface area contributed by atoms with Crippen molar-refractivity contribution >= 4 is 0 Å². The zero-order valence-electron chi connectivity index (χ0n) is 8.01. The normalized spacial score (nSPS) is 16.8. The van der Waals surface area contributed by atoms with Crippen LogP contribution in [0.25, 0.3) is 0 Å². The average molecular weight is 216 g/mol. The molecular formula is C11H11F3O. The summed E-state index contributed by atoms with van der Waals surface area (Å²) in [6, 6.07) is 3.34. The molecule has 0 amide bonds. The van der Waals surface area contributed by atoms with E-state index in [9.17, 15) is 13.2 Å². The standard InChI is InChI=1S/C11H11F3O/c12-10-4-1-7(6-15)5-9(10)11(13,14)8-2-3-8/h1,4-5,8,15H,2-3,6H2. The molecule has 2 rings (SSSR count). The highest BCUT2D eigenvalue weighted by Crippen LogP contribution is 2.50. The average Bonchev–Trinajstić information content (AvgIpc) is 3.01. The third-order valence-corrected chi connectivity index (χ3v) is 2.66. The lowest BCUT2D eigenvalue weighted by Gasteiger charge is -2.17. The van der Waals surface area contributed by atoms with E-state index in [1.807, 2.05) is 0 Å². The Bertz CT molecular complexity index is 372. The van der Waals surface area contributed by atoms with Gasteiger partial charge in [0, 0.05) is 5.92 Å². The van der Waals surface area contributed by atoms with Crippen molar-refractivity contribution in [1.29, 1.82) is 0 Å². The maximum absolute atomic E-state index is 13.6. The van der Waals surface area contributed by atoms with E-state index >= 15 is 0 Å². The Balaban J connectivity index is 2.40. The molecule has 0 heterocycles. The summed E-state index contributed by atoms with van der Waals surface area (Å²) in [5.41, 5.74) is -0.275. The number of rotatable bonds is 3. The molecule has 0 bridgehead atoms. The summed E-state index contributed by atoms with van der Waals surface area (Å²) in [6.45, 7) is -0.353. The van der Waals surface area contributed by atoms with Crippen LogP contribution in [-0.2, 0) is 12.5 Å². The molecule has 1 aliphatic rings. The van der Waals surface area contributed by atoms with Crippen LogP contribution in [0.15, 0.2) is 18.2 Å². The number of halogens is 3. The van der Waals surface area contributed by atoms with Gasteiger partial charge in [-0.05, 0) is 30.5 Å². The van der Waals surface area contributed by atoms with Crippen molar-refractivity contribution in [3.8, 4) is 0 Å². The van der Waals surface area contributed by atoms with E-state index in [4.69, 9.17) is 5.11 Å². The lowest BCUT2D eigenvalue weighted by molar-refractivity contribution is -0.0319. The topological polar surface area (TPSA) is 20.2 Å². The van der Waals surface area contributed by atoms with E-state index in [-0.39, 0.29) is 6.61 Å². The van der Waals surface area contributed by atoms with E-state index in [0.717, 1.165) is 12.1 Å². The van der Waals surface area contributed by atoms with Crippen molar-refractivity contribution in [2.24, 2.45) is 5.92 Å². The van der Waals surface area contributed by atoms with Crippen LogP contribution in [0.3, 0.4) is 0 Å². The van der Waals surface area contributed by atoms with E-state index in [1.54, 1.807) is 0 Å². The summed E-state index contributed by atoms with van der Waals surface area (Å²) in [5, 5.41) is 8.81. The van der Waals surface area contributed by atoms with E-state index in [1.165, 1.54) is 6.07 Å². The highest BCUT2D eigenvalue weighted by atomic mass is 19.3. The van der Waals surface area contributed by atoms with Gasteiger partial charge in [-0.1, -0.05) is 6.07 Å². The Morgan fingerprint density at radius 1 is 1.33 bits per heavy atom. The van der Waals surface area contributed by atoms with Crippen molar-refractivity contribution in [3.63, 3.8) is 0 Å². The summed E-state index contributed by atoms with van der Waals surface area (Å²) in [6.07, 6.45) is 0.881. The van der Waals surface area contributed by atoms with Gasteiger partial charge in [-0.15, -0.1) is 0 Å². The predicted octanol–water partition coefficient (Wildman–Crippen LogP) is 2.82. The number of aliphatic hydroxyl groups excluding tert-OH is 1. The minimum Gasteiger partial charge on any atom is -0.392 e. The molecule has 0 aromatic heterocycles. The first-order valence-corrected chi connectivity index (χ1v) is 4.83. The Kier molecular flexibility index (Phi) is 2.46. The summed E-state index contributed by atoms with van der Waals surface area (Å²) in [7, 11) is 0. The van der Waals surface area contributed by atoms with Gasteiger partial charge in [0.25, 0.3) is 5.92 Å². The molecule has 1 nitrogen and oxygen atoms in total. The molecular weight excluding hydrogens is 205 g/mol. The van der Waals surface area contributed by atoms with Crippen LogP contribution < -0.4 is 0 Å². The molecule has 1 N–H and O–H groups in total. The van der Waals surface area contributed by atoms with Crippen molar-refractivity contribution in [2.45, 2.75) is 25.4 Å². The summed E-state index contributed by atoms with van der Waals surface area (Å²) in [5.74, 6) is -4.74. The second-order valence-electron chi connectivity index (χ2n) is 3.87. The Morgan fingerprint density at radius 3 is 2.53 bits per heavy atom. The second-order valence-corrected chi connectivity index (χ2v) is 3.87. The molecule has 4 heteroatoms. The van der Waals surface area contributed by atoms with E-state index in [0.29, 0.717) is 18.4 Å². The van der Waals surface area contributed by atoms with Crippen LogP contribution in [-0.4, -0.2) is 5.11 Å². The van der Waals surface area contributed by atoms with Gasteiger partial charge in [0.1, 0.15) is 5.82 Å². The maximum Gasteiger partial charge on any atom is 0.278 e. The lowest BCUT2D eigenvalue weighted by atomic mass is 10.0. The summed E-state index contributed by atoms with van der Waals surface area (Å²) in [4.78, 5) is 0. The fourth-order valence-electron chi connectivity index (χ4n) is 1.59. The third kappa shape index (κ3) is 1.86. The fourth-order valence-corrected chi connectivity index (χ4v) is 1.59. The second kappa shape index (κ2) is 3.52. The minimum atomic E-state index is -3.10. The van der Waals surface area contributed by atoms with E-state index < -0.39 is 23.2 Å². The number of hydrogen-bond donors (Lipinski definition) is 1. The van der Waals surface area contributed by atoms with Gasteiger partial charge in [-0.2, -0.15) is 0 Å². The van der Waals surface area contributed by atoms with Crippen molar-refractivity contribution in [1.82, 2.24) is 0 Å². The highest BCUT2D eigenvalue weighted by molar-refractivity contribution is 5.29.